The fourth-order valence-electron chi connectivity index (χ4n) is 3.12. The Kier molecular flexibility index (Phi) is 5.08. The van der Waals surface area contributed by atoms with Crippen LogP contribution in [0.4, 0.5) is 0 Å². The van der Waals surface area contributed by atoms with Gasteiger partial charge in [0.05, 0.1) is 18.6 Å². The van der Waals surface area contributed by atoms with E-state index in [2.05, 4.69) is 27.7 Å². The number of ether oxygens (including phenoxy) is 1. The van der Waals surface area contributed by atoms with Crippen LogP contribution in [0, 0.1) is 5.41 Å². The molecule has 5 nitrogen and oxygen atoms in total. The van der Waals surface area contributed by atoms with Crippen LogP contribution in [0.5, 0.6) is 0 Å². The fraction of sp³-hybridized carbons (Fsp3) is 0.588. The second-order valence-corrected chi connectivity index (χ2v) is 6.26. The van der Waals surface area contributed by atoms with Gasteiger partial charge in [0.2, 0.25) is 5.91 Å². The van der Waals surface area contributed by atoms with Gasteiger partial charge in [-0.2, -0.15) is 0 Å². The highest BCUT2D eigenvalue weighted by molar-refractivity contribution is 5.84. The molecule has 2 aliphatic rings. The van der Waals surface area contributed by atoms with Crippen LogP contribution >= 0.6 is 0 Å². The zero-order chi connectivity index (χ0) is 15.3. The average molecular weight is 303 g/mol. The molecule has 2 fully saturated rings. The highest BCUT2D eigenvalue weighted by atomic mass is 16.5. The molecule has 22 heavy (non-hydrogen) atoms. The Morgan fingerprint density at radius 3 is 2.59 bits per heavy atom. The summed E-state index contributed by atoms with van der Waals surface area (Å²) in [5.74, 6) is 0.184. The first-order valence-electron chi connectivity index (χ1n) is 8.12. The average Bonchev–Trinajstić information content (AvgIpc) is 2.53. The second kappa shape index (κ2) is 7.22. The molecular formula is C17H25N3O2. The van der Waals surface area contributed by atoms with E-state index in [1.165, 1.54) is 5.56 Å². The smallest absolute Gasteiger partial charge is 0.229 e. The second-order valence-electron chi connectivity index (χ2n) is 6.26. The Morgan fingerprint density at radius 1 is 1.23 bits per heavy atom. The molecule has 2 aliphatic heterocycles. The van der Waals surface area contributed by atoms with Gasteiger partial charge in [-0.15, -0.1) is 0 Å². The summed E-state index contributed by atoms with van der Waals surface area (Å²) in [5, 5.41) is 6.39. The normalized spacial score (nSPS) is 21.1. The predicted molar refractivity (Wildman–Crippen MR) is 85.7 cm³/mol. The van der Waals surface area contributed by atoms with E-state index in [1.54, 1.807) is 0 Å². The van der Waals surface area contributed by atoms with Gasteiger partial charge in [-0.1, -0.05) is 30.3 Å². The summed E-state index contributed by atoms with van der Waals surface area (Å²) in [6.07, 6.45) is 0.810. The summed E-state index contributed by atoms with van der Waals surface area (Å²) in [5.41, 5.74) is 0.958. The maximum Gasteiger partial charge on any atom is 0.229 e. The number of amides is 1. The highest BCUT2D eigenvalue weighted by Gasteiger charge is 2.43. The molecule has 5 heteroatoms. The van der Waals surface area contributed by atoms with Gasteiger partial charge in [-0.05, 0) is 12.0 Å². The Morgan fingerprint density at radius 2 is 1.95 bits per heavy atom. The van der Waals surface area contributed by atoms with Gasteiger partial charge in [0.25, 0.3) is 0 Å². The topological polar surface area (TPSA) is 53.6 Å². The van der Waals surface area contributed by atoms with E-state index in [4.69, 9.17) is 4.74 Å². The van der Waals surface area contributed by atoms with Crippen LogP contribution in [0.2, 0.25) is 0 Å². The van der Waals surface area contributed by atoms with Gasteiger partial charge in [0.1, 0.15) is 0 Å². The van der Waals surface area contributed by atoms with Crippen molar-refractivity contribution in [2.75, 3.05) is 52.5 Å². The summed E-state index contributed by atoms with van der Waals surface area (Å²) in [6.45, 7) is 6.70. The molecule has 2 saturated heterocycles. The summed E-state index contributed by atoms with van der Waals surface area (Å²) >= 11 is 0. The number of carbonyl (C=O) groups excluding carboxylic acids is 1. The minimum absolute atomic E-state index is 0.184. The summed E-state index contributed by atoms with van der Waals surface area (Å²) in [4.78, 5) is 14.9. The number of rotatable bonds is 6. The van der Waals surface area contributed by atoms with Crippen LogP contribution in [-0.4, -0.2) is 63.3 Å². The van der Waals surface area contributed by atoms with Crippen LogP contribution < -0.4 is 10.6 Å². The number of benzene rings is 1. The van der Waals surface area contributed by atoms with Crippen molar-refractivity contribution in [1.82, 2.24) is 15.5 Å². The lowest BCUT2D eigenvalue weighted by atomic mass is 9.75. The number of nitrogens with one attached hydrogen (secondary N) is 2. The summed E-state index contributed by atoms with van der Waals surface area (Å²) < 4.78 is 5.34. The predicted octanol–water partition coefficient (Wildman–Crippen LogP) is 0.267. The molecule has 0 bridgehead atoms. The number of hydrogen-bond acceptors (Lipinski definition) is 4. The first kappa shape index (κ1) is 15.5. The van der Waals surface area contributed by atoms with E-state index < -0.39 is 0 Å². The van der Waals surface area contributed by atoms with Crippen molar-refractivity contribution >= 4 is 5.91 Å². The molecule has 2 N–H and O–H groups in total. The van der Waals surface area contributed by atoms with Crippen molar-refractivity contribution in [2.24, 2.45) is 5.41 Å². The van der Waals surface area contributed by atoms with E-state index in [0.29, 0.717) is 0 Å². The number of carbonyl (C=O) groups is 1. The molecule has 0 spiro atoms. The molecule has 2 heterocycles. The molecule has 1 amide bonds. The van der Waals surface area contributed by atoms with E-state index in [-0.39, 0.29) is 11.3 Å². The first-order valence-corrected chi connectivity index (χ1v) is 8.12. The zero-order valence-corrected chi connectivity index (χ0v) is 13.0. The van der Waals surface area contributed by atoms with Crippen molar-refractivity contribution in [3.8, 4) is 0 Å². The molecular weight excluding hydrogens is 278 g/mol. The highest BCUT2D eigenvalue weighted by Crippen LogP contribution is 2.28. The van der Waals surface area contributed by atoms with E-state index >= 15 is 0 Å². The Bertz CT molecular complexity index is 482. The minimum atomic E-state index is -0.271. The number of morpholine rings is 1. The molecule has 0 saturated carbocycles. The van der Waals surface area contributed by atoms with Crippen LogP contribution in [-0.2, 0) is 16.0 Å². The Balaban J connectivity index is 1.48. The molecule has 0 atom stereocenters. The molecule has 3 rings (SSSR count). The van der Waals surface area contributed by atoms with Crippen LogP contribution in [0.3, 0.4) is 0 Å². The van der Waals surface area contributed by atoms with Crippen LogP contribution in [0.1, 0.15) is 5.56 Å². The largest absolute Gasteiger partial charge is 0.379 e. The van der Waals surface area contributed by atoms with Gasteiger partial charge in [0.15, 0.2) is 0 Å². The van der Waals surface area contributed by atoms with E-state index in [0.717, 1.165) is 58.9 Å². The van der Waals surface area contributed by atoms with E-state index in [9.17, 15) is 4.79 Å². The monoisotopic (exact) mass is 303 g/mol. The lowest BCUT2D eigenvalue weighted by molar-refractivity contribution is -0.134. The first-order chi connectivity index (χ1) is 10.8. The van der Waals surface area contributed by atoms with Crippen LogP contribution in [0.15, 0.2) is 30.3 Å². The Labute approximate surface area is 132 Å². The van der Waals surface area contributed by atoms with Crippen molar-refractivity contribution in [3.05, 3.63) is 35.9 Å². The molecule has 1 aromatic carbocycles. The third-order valence-corrected chi connectivity index (χ3v) is 4.61. The Hall–Kier alpha value is -1.43. The van der Waals surface area contributed by atoms with Gasteiger partial charge in [-0.25, -0.2) is 0 Å². The summed E-state index contributed by atoms with van der Waals surface area (Å²) in [7, 11) is 0. The third kappa shape index (κ3) is 3.66. The maximum absolute atomic E-state index is 12.6. The van der Waals surface area contributed by atoms with Gasteiger partial charge >= 0.3 is 0 Å². The van der Waals surface area contributed by atoms with Crippen molar-refractivity contribution in [1.29, 1.82) is 0 Å². The van der Waals surface area contributed by atoms with E-state index in [1.807, 2.05) is 18.2 Å². The molecule has 0 aromatic heterocycles. The van der Waals surface area contributed by atoms with Gasteiger partial charge in [0, 0.05) is 39.3 Å². The van der Waals surface area contributed by atoms with Gasteiger partial charge in [-0.3, -0.25) is 9.69 Å². The maximum atomic E-state index is 12.6. The molecule has 1 aromatic rings. The fourth-order valence-corrected chi connectivity index (χ4v) is 3.12. The molecule has 120 valence electrons. The minimum Gasteiger partial charge on any atom is -0.379 e. The number of nitrogens with zero attached hydrogens (tertiary/aromatic N) is 1. The lowest BCUT2D eigenvalue weighted by Gasteiger charge is -2.41. The third-order valence-electron chi connectivity index (χ3n) is 4.61. The zero-order valence-electron chi connectivity index (χ0n) is 13.0. The van der Waals surface area contributed by atoms with Crippen LogP contribution in [0.25, 0.3) is 0 Å². The van der Waals surface area contributed by atoms with Gasteiger partial charge < -0.3 is 15.4 Å². The lowest BCUT2D eigenvalue weighted by Crippen LogP contribution is -2.63. The molecule has 0 radical (unpaired) electrons. The number of hydrogen-bond donors (Lipinski definition) is 2. The van der Waals surface area contributed by atoms with Crippen molar-refractivity contribution in [2.45, 2.75) is 6.42 Å². The SMILES string of the molecule is O=C(NCCN1CCOCC1)C1(Cc2ccccc2)CNC1. The molecule has 0 unspecified atom stereocenters. The quantitative estimate of drug-likeness (QED) is 0.792. The summed E-state index contributed by atoms with van der Waals surface area (Å²) in [6, 6.07) is 10.3. The van der Waals surface area contributed by atoms with Crippen molar-refractivity contribution < 1.29 is 9.53 Å². The standard InChI is InChI=1S/C17H25N3O2/c21-16(19-6-7-20-8-10-22-11-9-20)17(13-18-14-17)12-15-4-2-1-3-5-15/h1-5,18H,6-14H2,(H,19,21). The van der Waals surface area contributed by atoms with Crippen molar-refractivity contribution in [3.63, 3.8) is 0 Å². The molecule has 0 aliphatic carbocycles.